The van der Waals surface area contributed by atoms with Crippen molar-refractivity contribution in [2.75, 3.05) is 11.1 Å². The minimum atomic E-state index is -0.627. The number of rotatable bonds is 4. The molecule has 4 rings (SSSR count). The van der Waals surface area contributed by atoms with Crippen molar-refractivity contribution in [3.05, 3.63) is 54.2 Å². The van der Waals surface area contributed by atoms with Crippen molar-refractivity contribution in [3.63, 3.8) is 0 Å². The first-order chi connectivity index (χ1) is 12.1. The van der Waals surface area contributed by atoms with Crippen molar-refractivity contribution >= 4 is 29.3 Å². The van der Waals surface area contributed by atoms with Crippen LogP contribution >= 0.6 is 11.8 Å². The van der Waals surface area contributed by atoms with Gasteiger partial charge in [0.05, 0.1) is 18.2 Å². The van der Waals surface area contributed by atoms with Crippen molar-refractivity contribution in [3.8, 4) is 0 Å². The molecule has 2 aromatic rings. The van der Waals surface area contributed by atoms with E-state index < -0.39 is 11.9 Å². The molecule has 1 N–H and O–H groups in total. The average Bonchev–Trinajstić information content (AvgIpc) is 3.14. The van der Waals surface area contributed by atoms with Gasteiger partial charge in [-0.25, -0.2) is 4.39 Å². The third-order valence-corrected chi connectivity index (χ3v) is 5.77. The Labute approximate surface area is 148 Å². The van der Waals surface area contributed by atoms with Crippen LogP contribution in [0.5, 0.6) is 0 Å². The van der Waals surface area contributed by atoms with E-state index in [0.29, 0.717) is 5.75 Å². The van der Waals surface area contributed by atoms with Crippen molar-refractivity contribution in [1.29, 1.82) is 0 Å². The SMILES string of the molecule is O=C(Nc1ccccc1F)C1CSC(c2ccoc2)N1C(=O)C1CC1. The third-order valence-electron chi connectivity index (χ3n) is 4.44. The molecule has 2 amide bonds. The Bertz CT molecular complexity index is 791. The van der Waals surface area contributed by atoms with Crippen LogP contribution in [0.15, 0.2) is 47.3 Å². The number of furan rings is 1. The predicted octanol–water partition coefficient (Wildman–Crippen LogP) is 3.41. The standard InChI is InChI=1S/C18H17FN2O3S/c19-13-3-1-2-4-14(13)20-16(22)15-10-25-18(12-7-8-24-9-12)21(15)17(23)11-5-6-11/h1-4,7-9,11,15,18H,5-6,10H2,(H,20,22). The molecule has 0 bridgehead atoms. The number of amides is 2. The molecule has 1 aromatic heterocycles. The van der Waals surface area contributed by atoms with Crippen LogP contribution in [0.2, 0.25) is 0 Å². The first kappa shape index (κ1) is 16.2. The number of nitrogens with one attached hydrogen (secondary N) is 1. The normalized spacial score (nSPS) is 22.8. The first-order valence-electron chi connectivity index (χ1n) is 8.16. The second-order valence-corrected chi connectivity index (χ2v) is 7.36. The molecular formula is C18H17FN2O3S. The molecule has 2 heterocycles. The zero-order valence-corrected chi connectivity index (χ0v) is 14.2. The van der Waals surface area contributed by atoms with E-state index in [1.807, 2.05) is 6.07 Å². The highest BCUT2D eigenvalue weighted by molar-refractivity contribution is 7.99. The van der Waals surface area contributed by atoms with Crippen LogP contribution < -0.4 is 5.32 Å². The largest absolute Gasteiger partial charge is 0.472 e. The summed E-state index contributed by atoms with van der Waals surface area (Å²) in [4.78, 5) is 27.1. The summed E-state index contributed by atoms with van der Waals surface area (Å²) in [5, 5.41) is 2.37. The van der Waals surface area contributed by atoms with Crippen LogP contribution in [-0.4, -0.2) is 28.5 Å². The molecule has 5 nitrogen and oxygen atoms in total. The van der Waals surface area contributed by atoms with Gasteiger partial charge in [-0.3, -0.25) is 9.59 Å². The van der Waals surface area contributed by atoms with Gasteiger partial charge in [-0.15, -0.1) is 11.8 Å². The van der Waals surface area contributed by atoms with E-state index in [1.54, 1.807) is 29.6 Å². The molecule has 7 heteroatoms. The number of anilines is 1. The molecule has 1 aliphatic heterocycles. The van der Waals surface area contributed by atoms with Crippen LogP contribution in [0.25, 0.3) is 0 Å². The monoisotopic (exact) mass is 360 g/mol. The number of thioether (sulfide) groups is 1. The van der Waals surface area contributed by atoms with Crippen molar-refractivity contribution < 1.29 is 18.4 Å². The highest BCUT2D eigenvalue weighted by Crippen LogP contribution is 2.45. The van der Waals surface area contributed by atoms with Crippen LogP contribution in [0.1, 0.15) is 23.8 Å². The second-order valence-electron chi connectivity index (χ2n) is 6.25. The quantitative estimate of drug-likeness (QED) is 0.908. The van der Waals surface area contributed by atoms with Crippen molar-refractivity contribution in [2.45, 2.75) is 24.3 Å². The summed E-state index contributed by atoms with van der Waals surface area (Å²) < 4.78 is 19.0. The Balaban J connectivity index is 1.58. The molecule has 1 saturated carbocycles. The van der Waals surface area contributed by atoms with Gasteiger partial charge in [0.2, 0.25) is 11.8 Å². The number of carbonyl (C=O) groups excluding carboxylic acids is 2. The predicted molar refractivity (Wildman–Crippen MR) is 92.3 cm³/mol. The molecule has 0 spiro atoms. The zero-order chi connectivity index (χ0) is 17.4. The lowest BCUT2D eigenvalue weighted by Crippen LogP contribution is -2.46. The maximum atomic E-state index is 13.8. The molecular weight excluding hydrogens is 343 g/mol. The molecule has 0 radical (unpaired) electrons. The van der Waals surface area contributed by atoms with Crippen LogP contribution in [0, 0.1) is 11.7 Å². The number of hydrogen-bond acceptors (Lipinski definition) is 4. The maximum absolute atomic E-state index is 13.8. The number of nitrogens with zero attached hydrogens (tertiary/aromatic N) is 1. The number of benzene rings is 1. The van der Waals surface area contributed by atoms with Gasteiger partial charge in [-0.05, 0) is 31.0 Å². The number of para-hydroxylation sites is 1. The highest BCUT2D eigenvalue weighted by atomic mass is 32.2. The Kier molecular flexibility index (Phi) is 4.25. The Morgan fingerprint density at radius 3 is 2.72 bits per heavy atom. The van der Waals surface area contributed by atoms with E-state index in [1.165, 1.54) is 23.9 Å². The number of halogens is 1. The van der Waals surface area contributed by atoms with E-state index in [-0.39, 0.29) is 28.8 Å². The highest BCUT2D eigenvalue weighted by Gasteiger charge is 2.46. The lowest BCUT2D eigenvalue weighted by molar-refractivity contribution is -0.139. The Morgan fingerprint density at radius 1 is 1.24 bits per heavy atom. The Morgan fingerprint density at radius 2 is 2.04 bits per heavy atom. The minimum Gasteiger partial charge on any atom is -0.472 e. The lowest BCUT2D eigenvalue weighted by Gasteiger charge is -2.28. The smallest absolute Gasteiger partial charge is 0.248 e. The topological polar surface area (TPSA) is 62.6 Å². The van der Waals surface area contributed by atoms with Crippen LogP contribution in [-0.2, 0) is 9.59 Å². The van der Waals surface area contributed by atoms with E-state index in [9.17, 15) is 14.0 Å². The summed E-state index contributed by atoms with van der Waals surface area (Å²) in [5.74, 6) is -0.401. The molecule has 2 aliphatic rings. The molecule has 1 aliphatic carbocycles. The summed E-state index contributed by atoms with van der Waals surface area (Å²) in [7, 11) is 0. The number of hydrogen-bond donors (Lipinski definition) is 1. The summed E-state index contributed by atoms with van der Waals surface area (Å²) >= 11 is 1.52. The fourth-order valence-corrected chi connectivity index (χ4v) is 4.38. The van der Waals surface area contributed by atoms with Gasteiger partial charge in [-0.2, -0.15) is 0 Å². The summed E-state index contributed by atoms with van der Waals surface area (Å²) in [5.41, 5.74) is 0.989. The second kappa shape index (κ2) is 6.55. The van der Waals surface area contributed by atoms with E-state index in [2.05, 4.69) is 5.32 Å². The fraction of sp³-hybridized carbons (Fsp3) is 0.333. The van der Waals surface area contributed by atoms with E-state index in [0.717, 1.165) is 18.4 Å². The third kappa shape index (κ3) is 3.16. The summed E-state index contributed by atoms with van der Waals surface area (Å²) in [6.07, 6.45) is 4.88. The van der Waals surface area contributed by atoms with E-state index in [4.69, 9.17) is 4.42 Å². The Hall–Kier alpha value is -2.28. The van der Waals surface area contributed by atoms with Gasteiger partial charge >= 0.3 is 0 Å². The average molecular weight is 360 g/mol. The van der Waals surface area contributed by atoms with Crippen molar-refractivity contribution in [1.82, 2.24) is 4.90 Å². The zero-order valence-electron chi connectivity index (χ0n) is 13.4. The molecule has 130 valence electrons. The van der Waals surface area contributed by atoms with Crippen LogP contribution in [0.3, 0.4) is 0 Å². The molecule has 2 fully saturated rings. The van der Waals surface area contributed by atoms with Gasteiger partial charge in [0.15, 0.2) is 0 Å². The maximum Gasteiger partial charge on any atom is 0.248 e. The van der Waals surface area contributed by atoms with Gasteiger partial charge < -0.3 is 14.6 Å². The van der Waals surface area contributed by atoms with Crippen molar-refractivity contribution in [2.24, 2.45) is 5.92 Å². The van der Waals surface area contributed by atoms with Gasteiger partial charge in [0.25, 0.3) is 0 Å². The first-order valence-corrected chi connectivity index (χ1v) is 9.21. The molecule has 1 saturated heterocycles. The molecule has 25 heavy (non-hydrogen) atoms. The summed E-state index contributed by atoms with van der Waals surface area (Å²) in [6.45, 7) is 0. The van der Waals surface area contributed by atoms with Gasteiger partial charge in [-0.1, -0.05) is 12.1 Å². The van der Waals surface area contributed by atoms with Gasteiger partial charge in [0, 0.05) is 17.2 Å². The number of carbonyl (C=O) groups is 2. The van der Waals surface area contributed by atoms with Gasteiger partial charge in [0.1, 0.15) is 17.2 Å². The minimum absolute atomic E-state index is 0.00291. The van der Waals surface area contributed by atoms with E-state index >= 15 is 0 Å². The molecule has 1 aromatic carbocycles. The van der Waals surface area contributed by atoms with Crippen LogP contribution in [0.4, 0.5) is 10.1 Å². The summed E-state index contributed by atoms with van der Waals surface area (Å²) in [6, 6.07) is 7.20. The molecule has 2 unspecified atom stereocenters. The lowest BCUT2D eigenvalue weighted by atomic mass is 10.2. The fourth-order valence-electron chi connectivity index (χ4n) is 2.97. The molecule has 2 atom stereocenters.